The monoisotopic (exact) mass is 303 g/mol. The highest BCUT2D eigenvalue weighted by atomic mass is 32.1. The molecule has 0 aliphatic rings. The van der Waals surface area contributed by atoms with Crippen LogP contribution in [0.3, 0.4) is 0 Å². The Bertz CT molecular complexity index is 631. The highest BCUT2D eigenvalue weighted by molar-refractivity contribution is 7.12. The van der Waals surface area contributed by atoms with Crippen molar-refractivity contribution in [3.8, 4) is 0 Å². The third kappa shape index (κ3) is 2.86. The number of thiophene rings is 1. The van der Waals surface area contributed by atoms with Gasteiger partial charge in [0.2, 0.25) is 0 Å². The van der Waals surface area contributed by atoms with Crippen molar-refractivity contribution in [2.45, 2.75) is 26.1 Å². The minimum atomic E-state index is -4.51. The smallest absolute Gasteiger partial charge is 0.320 e. The van der Waals surface area contributed by atoms with Gasteiger partial charge in [-0.2, -0.15) is 13.2 Å². The summed E-state index contributed by atoms with van der Waals surface area (Å²) in [7, 11) is 0. The molecule has 0 amide bonds. The van der Waals surface area contributed by atoms with Gasteiger partial charge in [0.05, 0.1) is 11.6 Å². The first-order valence-corrected chi connectivity index (χ1v) is 6.71. The zero-order chi connectivity index (χ0) is 15.1. The molecule has 2 rings (SSSR count). The van der Waals surface area contributed by atoms with Gasteiger partial charge in [0.1, 0.15) is 5.82 Å². The van der Waals surface area contributed by atoms with Gasteiger partial charge in [0, 0.05) is 15.3 Å². The van der Waals surface area contributed by atoms with Crippen molar-refractivity contribution in [3.05, 3.63) is 56.5 Å². The molecule has 108 valence electrons. The largest absolute Gasteiger partial charge is 0.416 e. The summed E-state index contributed by atoms with van der Waals surface area (Å²) in [5.74, 6) is -0.726. The van der Waals surface area contributed by atoms with Crippen LogP contribution in [0.25, 0.3) is 0 Å². The number of aryl methyl sites for hydroxylation is 2. The minimum absolute atomic E-state index is 0.134. The topological polar surface area (TPSA) is 26.0 Å². The van der Waals surface area contributed by atoms with E-state index in [4.69, 9.17) is 5.73 Å². The fourth-order valence-corrected chi connectivity index (χ4v) is 3.12. The maximum Gasteiger partial charge on any atom is 0.416 e. The number of alkyl halides is 3. The van der Waals surface area contributed by atoms with Gasteiger partial charge >= 0.3 is 6.18 Å². The molecule has 0 saturated heterocycles. The lowest BCUT2D eigenvalue weighted by Crippen LogP contribution is -2.15. The van der Waals surface area contributed by atoms with Crippen LogP contribution in [0.15, 0.2) is 24.3 Å². The molecule has 1 unspecified atom stereocenters. The second-order valence-electron chi connectivity index (χ2n) is 4.62. The van der Waals surface area contributed by atoms with Gasteiger partial charge in [-0.05, 0) is 43.7 Å². The van der Waals surface area contributed by atoms with E-state index in [-0.39, 0.29) is 5.56 Å². The zero-order valence-electron chi connectivity index (χ0n) is 10.9. The Balaban J connectivity index is 2.49. The Hall–Kier alpha value is -1.40. The Morgan fingerprint density at radius 3 is 2.30 bits per heavy atom. The molecule has 1 nitrogen and oxygen atoms in total. The van der Waals surface area contributed by atoms with Crippen LogP contribution < -0.4 is 5.73 Å². The van der Waals surface area contributed by atoms with Crippen LogP contribution in [-0.2, 0) is 6.18 Å². The highest BCUT2D eigenvalue weighted by Gasteiger charge is 2.32. The van der Waals surface area contributed by atoms with Crippen LogP contribution >= 0.6 is 11.3 Å². The predicted octanol–water partition coefficient (Wildman–Crippen LogP) is 4.57. The van der Waals surface area contributed by atoms with Crippen molar-refractivity contribution in [3.63, 3.8) is 0 Å². The summed E-state index contributed by atoms with van der Waals surface area (Å²) in [6.45, 7) is 3.68. The number of benzene rings is 1. The molecule has 0 bridgehead atoms. The molecule has 0 saturated carbocycles. The van der Waals surface area contributed by atoms with Crippen LogP contribution in [0.1, 0.15) is 32.5 Å². The van der Waals surface area contributed by atoms with Gasteiger partial charge in [0.25, 0.3) is 0 Å². The average Bonchev–Trinajstić information content (AvgIpc) is 2.66. The SMILES string of the molecule is Cc1cc(C)c(C(N)c2cc(C(F)(F)F)ccc2F)s1. The second-order valence-corrected chi connectivity index (χ2v) is 5.90. The number of nitrogens with two attached hydrogens (primary N) is 1. The van der Waals surface area contributed by atoms with Crippen LogP contribution in [0.5, 0.6) is 0 Å². The molecule has 2 aromatic rings. The average molecular weight is 303 g/mol. The highest BCUT2D eigenvalue weighted by Crippen LogP contribution is 2.35. The quantitative estimate of drug-likeness (QED) is 0.808. The second kappa shape index (κ2) is 5.18. The Labute approximate surface area is 118 Å². The van der Waals surface area contributed by atoms with E-state index in [1.165, 1.54) is 11.3 Å². The molecule has 0 aliphatic heterocycles. The van der Waals surface area contributed by atoms with E-state index in [0.29, 0.717) is 4.88 Å². The summed E-state index contributed by atoms with van der Waals surface area (Å²) in [5, 5.41) is 0. The lowest BCUT2D eigenvalue weighted by molar-refractivity contribution is -0.137. The number of halogens is 4. The van der Waals surface area contributed by atoms with Crippen LogP contribution in [-0.4, -0.2) is 0 Å². The molecular formula is C14H13F4NS. The first kappa shape index (κ1) is 15.0. The standard InChI is InChI=1S/C14H13F4NS/c1-7-5-8(2)20-13(7)12(19)10-6-9(14(16,17)18)3-4-11(10)15/h3-6,12H,19H2,1-2H3. The van der Waals surface area contributed by atoms with E-state index in [9.17, 15) is 17.6 Å². The molecule has 1 aromatic carbocycles. The summed E-state index contributed by atoms with van der Waals surface area (Å²) in [4.78, 5) is 1.67. The molecule has 2 N–H and O–H groups in total. The predicted molar refractivity (Wildman–Crippen MR) is 71.2 cm³/mol. The Morgan fingerprint density at radius 1 is 1.15 bits per heavy atom. The van der Waals surface area contributed by atoms with E-state index in [1.807, 2.05) is 19.9 Å². The first-order chi connectivity index (χ1) is 9.20. The molecule has 1 aromatic heterocycles. The lowest BCUT2D eigenvalue weighted by Gasteiger charge is -2.15. The molecule has 0 spiro atoms. The molecule has 0 aliphatic carbocycles. The fourth-order valence-electron chi connectivity index (χ4n) is 2.07. The van der Waals surface area contributed by atoms with Gasteiger partial charge < -0.3 is 5.73 Å². The van der Waals surface area contributed by atoms with Crippen LogP contribution in [0.2, 0.25) is 0 Å². The minimum Gasteiger partial charge on any atom is -0.320 e. The molecule has 6 heteroatoms. The zero-order valence-corrected chi connectivity index (χ0v) is 11.7. The molecule has 1 atom stereocenters. The maximum atomic E-state index is 13.8. The van der Waals surface area contributed by atoms with Crippen LogP contribution in [0.4, 0.5) is 17.6 Å². The number of rotatable bonds is 2. The molecular weight excluding hydrogens is 290 g/mol. The molecule has 0 radical (unpaired) electrons. The van der Waals surface area contributed by atoms with Gasteiger partial charge in [0.15, 0.2) is 0 Å². The van der Waals surface area contributed by atoms with Crippen molar-refractivity contribution in [1.82, 2.24) is 0 Å². The lowest BCUT2D eigenvalue weighted by atomic mass is 10.0. The third-order valence-electron chi connectivity index (χ3n) is 3.02. The van der Waals surface area contributed by atoms with Gasteiger partial charge in [-0.15, -0.1) is 11.3 Å². The summed E-state index contributed by atoms with van der Waals surface area (Å²) in [6.07, 6.45) is -4.51. The normalized spacial score (nSPS) is 13.6. The van der Waals surface area contributed by atoms with Gasteiger partial charge in [-0.3, -0.25) is 0 Å². The molecule has 0 fully saturated rings. The van der Waals surface area contributed by atoms with Crippen molar-refractivity contribution < 1.29 is 17.6 Å². The summed E-state index contributed by atoms with van der Waals surface area (Å²) < 4.78 is 51.9. The van der Waals surface area contributed by atoms with E-state index < -0.39 is 23.6 Å². The molecule has 1 heterocycles. The van der Waals surface area contributed by atoms with Crippen molar-refractivity contribution in [1.29, 1.82) is 0 Å². The number of hydrogen-bond acceptors (Lipinski definition) is 2. The van der Waals surface area contributed by atoms with Crippen molar-refractivity contribution in [2.24, 2.45) is 5.73 Å². The van der Waals surface area contributed by atoms with Crippen LogP contribution in [0, 0.1) is 19.7 Å². The molecule has 20 heavy (non-hydrogen) atoms. The van der Waals surface area contributed by atoms with E-state index in [1.54, 1.807) is 0 Å². The summed E-state index contributed by atoms with van der Waals surface area (Å²) in [5.41, 5.74) is 5.78. The first-order valence-electron chi connectivity index (χ1n) is 5.89. The summed E-state index contributed by atoms with van der Waals surface area (Å²) in [6, 6.07) is 3.31. The maximum absolute atomic E-state index is 13.8. The Morgan fingerprint density at radius 2 is 1.80 bits per heavy atom. The summed E-state index contributed by atoms with van der Waals surface area (Å²) >= 11 is 1.37. The van der Waals surface area contributed by atoms with Gasteiger partial charge in [-0.25, -0.2) is 4.39 Å². The van der Waals surface area contributed by atoms with E-state index >= 15 is 0 Å². The van der Waals surface area contributed by atoms with Crippen molar-refractivity contribution >= 4 is 11.3 Å². The van der Waals surface area contributed by atoms with Gasteiger partial charge in [-0.1, -0.05) is 0 Å². The van der Waals surface area contributed by atoms with E-state index in [0.717, 1.165) is 28.6 Å². The fraction of sp³-hybridized carbons (Fsp3) is 0.286. The number of hydrogen-bond donors (Lipinski definition) is 1. The van der Waals surface area contributed by atoms with E-state index in [2.05, 4.69) is 0 Å². The third-order valence-corrected chi connectivity index (χ3v) is 4.26. The van der Waals surface area contributed by atoms with Crippen molar-refractivity contribution in [2.75, 3.05) is 0 Å². The Kier molecular flexibility index (Phi) is 3.88.